The molecule has 1 aromatic heterocycles. The first kappa shape index (κ1) is 11.0. The van der Waals surface area contributed by atoms with Crippen molar-refractivity contribution in [3.8, 4) is 0 Å². The Balaban J connectivity index is 1.91. The molecule has 0 radical (unpaired) electrons. The molecule has 1 amide bonds. The smallest absolute Gasteiger partial charge is 0.296 e. The van der Waals surface area contributed by atoms with Crippen LogP contribution in [-0.2, 0) is 4.79 Å². The highest BCUT2D eigenvalue weighted by molar-refractivity contribution is 7.99. The number of Topliss-reactive ketones (excluding diaryl/α,β-unsaturated/α-hetero) is 1. The number of hydrogen-bond donors (Lipinski definition) is 1. The summed E-state index contributed by atoms with van der Waals surface area (Å²) in [5, 5.41) is 2.56. The van der Waals surface area contributed by atoms with Crippen LogP contribution in [0.25, 0.3) is 0 Å². The van der Waals surface area contributed by atoms with Gasteiger partial charge in [0.15, 0.2) is 0 Å². The van der Waals surface area contributed by atoms with E-state index in [2.05, 4.69) is 10.3 Å². The number of amides is 1. The summed E-state index contributed by atoms with van der Waals surface area (Å²) in [5.74, 6) is -1.03. The van der Waals surface area contributed by atoms with E-state index in [4.69, 9.17) is 0 Å². The zero-order valence-corrected chi connectivity index (χ0v) is 10.0. The molecule has 0 unspecified atom stereocenters. The summed E-state index contributed by atoms with van der Waals surface area (Å²) in [6.45, 7) is 0. The summed E-state index contributed by atoms with van der Waals surface area (Å²) < 4.78 is 0. The first-order chi connectivity index (χ1) is 8.74. The average molecular weight is 256 g/mol. The number of aromatic nitrogens is 1. The van der Waals surface area contributed by atoms with Crippen molar-refractivity contribution in [1.82, 2.24) is 4.98 Å². The quantitative estimate of drug-likeness (QED) is 0.838. The molecule has 1 aliphatic rings. The maximum Gasteiger partial charge on any atom is 0.296 e. The van der Waals surface area contributed by atoms with Crippen LogP contribution < -0.4 is 5.32 Å². The topological polar surface area (TPSA) is 59.1 Å². The van der Waals surface area contributed by atoms with E-state index in [0.717, 1.165) is 9.79 Å². The number of hydrogen-bond acceptors (Lipinski definition) is 4. The number of nitrogens with one attached hydrogen (secondary N) is 1. The SMILES string of the molecule is O=C1Nc2cc(Sc3ccncc3)ccc2C1=O. The molecule has 0 bridgehead atoms. The van der Waals surface area contributed by atoms with E-state index in [-0.39, 0.29) is 0 Å². The molecular weight excluding hydrogens is 248 g/mol. The molecule has 5 heteroatoms. The van der Waals surface area contributed by atoms with Gasteiger partial charge in [0.25, 0.3) is 11.7 Å². The number of rotatable bonds is 2. The number of anilines is 1. The number of fused-ring (bicyclic) bond motifs is 1. The molecule has 0 spiro atoms. The zero-order valence-electron chi connectivity index (χ0n) is 9.21. The fourth-order valence-corrected chi connectivity index (χ4v) is 2.57. The summed E-state index contributed by atoms with van der Waals surface area (Å²) >= 11 is 1.55. The molecule has 0 saturated heterocycles. The molecule has 0 fully saturated rings. The van der Waals surface area contributed by atoms with Crippen molar-refractivity contribution in [2.45, 2.75) is 9.79 Å². The van der Waals surface area contributed by atoms with E-state index < -0.39 is 11.7 Å². The average Bonchev–Trinajstić information content (AvgIpc) is 2.66. The fourth-order valence-electron chi connectivity index (χ4n) is 1.73. The van der Waals surface area contributed by atoms with Crippen molar-refractivity contribution in [2.24, 2.45) is 0 Å². The third kappa shape index (κ3) is 1.89. The van der Waals surface area contributed by atoms with Gasteiger partial charge in [-0.25, -0.2) is 0 Å². The lowest BCUT2D eigenvalue weighted by molar-refractivity contribution is -0.112. The van der Waals surface area contributed by atoms with E-state index in [1.807, 2.05) is 24.3 Å². The molecule has 1 aliphatic heterocycles. The Morgan fingerprint density at radius 2 is 1.78 bits per heavy atom. The second-order valence-corrected chi connectivity index (χ2v) is 4.92. The van der Waals surface area contributed by atoms with Gasteiger partial charge >= 0.3 is 0 Å². The predicted octanol–water partition coefficient (Wildman–Crippen LogP) is 2.37. The maximum absolute atomic E-state index is 11.4. The fraction of sp³-hybridized carbons (Fsp3) is 0. The van der Waals surface area contributed by atoms with Crippen molar-refractivity contribution in [2.75, 3.05) is 5.32 Å². The van der Waals surface area contributed by atoms with Crippen molar-refractivity contribution in [3.63, 3.8) is 0 Å². The van der Waals surface area contributed by atoms with Gasteiger partial charge in [-0.05, 0) is 30.3 Å². The monoisotopic (exact) mass is 256 g/mol. The van der Waals surface area contributed by atoms with Gasteiger partial charge in [0.05, 0.1) is 11.3 Å². The van der Waals surface area contributed by atoms with Crippen LogP contribution in [0.15, 0.2) is 52.5 Å². The maximum atomic E-state index is 11.4. The highest BCUT2D eigenvalue weighted by atomic mass is 32.2. The van der Waals surface area contributed by atoms with Gasteiger partial charge in [-0.3, -0.25) is 14.6 Å². The number of carbonyl (C=O) groups excluding carboxylic acids is 2. The van der Waals surface area contributed by atoms with Crippen molar-refractivity contribution in [1.29, 1.82) is 0 Å². The minimum absolute atomic E-state index is 0.444. The summed E-state index contributed by atoms with van der Waals surface area (Å²) in [7, 11) is 0. The van der Waals surface area contributed by atoms with Gasteiger partial charge in [-0.15, -0.1) is 0 Å². The van der Waals surface area contributed by atoms with Crippen LogP contribution in [-0.4, -0.2) is 16.7 Å². The van der Waals surface area contributed by atoms with Gasteiger partial charge in [-0.2, -0.15) is 0 Å². The molecule has 0 atom stereocenters. The van der Waals surface area contributed by atoms with Gasteiger partial charge in [0.1, 0.15) is 0 Å². The summed E-state index contributed by atoms with van der Waals surface area (Å²) in [4.78, 5) is 28.6. The number of pyridine rings is 1. The predicted molar refractivity (Wildman–Crippen MR) is 67.8 cm³/mol. The van der Waals surface area contributed by atoms with Crippen LogP contribution in [0.5, 0.6) is 0 Å². The van der Waals surface area contributed by atoms with Gasteiger partial charge in [-0.1, -0.05) is 11.8 Å². The lowest BCUT2D eigenvalue weighted by Crippen LogP contribution is -2.12. The Morgan fingerprint density at radius 1 is 1.00 bits per heavy atom. The van der Waals surface area contributed by atoms with E-state index in [9.17, 15) is 9.59 Å². The molecule has 2 heterocycles. The van der Waals surface area contributed by atoms with Crippen LogP contribution in [0.3, 0.4) is 0 Å². The Bertz CT molecular complexity index is 641. The van der Waals surface area contributed by atoms with E-state index in [1.165, 1.54) is 0 Å². The van der Waals surface area contributed by atoms with Crippen molar-refractivity contribution >= 4 is 29.1 Å². The largest absolute Gasteiger partial charge is 0.318 e. The van der Waals surface area contributed by atoms with E-state index in [0.29, 0.717) is 11.3 Å². The first-order valence-corrected chi connectivity index (χ1v) is 6.13. The third-order valence-corrected chi connectivity index (χ3v) is 3.57. The van der Waals surface area contributed by atoms with Crippen molar-refractivity contribution < 1.29 is 9.59 Å². The number of carbonyl (C=O) groups is 2. The number of benzene rings is 1. The number of nitrogens with zero attached hydrogens (tertiary/aromatic N) is 1. The zero-order chi connectivity index (χ0) is 12.5. The Labute approximate surface area is 107 Å². The molecule has 0 saturated carbocycles. The van der Waals surface area contributed by atoms with Gasteiger partial charge in [0, 0.05) is 22.2 Å². The molecule has 1 N–H and O–H groups in total. The van der Waals surface area contributed by atoms with Crippen LogP contribution >= 0.6 is 11.8 Å². The van der Waals surface area contributed by atoms with Crippen LogP contribution in [0.1, 0.15) is 10.4 Å². The molecular formula is C13H8N2O2S. The molecule has 1 aromatic carbocycles. The van der Waals surface area contributed by atoms with E-state index in [1.54, 1.807) is 30.2 Å². The van der Waals surface area contributed by atoms with Crippen LogP contribution in [0, 0.1) is 0 Å². The molecule has 4 nitrogen and oxygen atoms in total. The lowest BCUT2D eigenvalue weighted by atomic mass is 10.1. The second kappa shape index (κ2) is 4.27. The van der Waals surface area contributed by atoms with E-state index >= 15 is 0 Å². The molecule has 2 aromatic rings. The summed E-state index contributed by atoms with van der Waals surface area (Å²) in [6, 6.07) is 9.13. The highest BCUT2D eigenvalue weighted by Crippen LogP contribution is 2.32. The minimum Gasteiger partial charge on any atom is -0.318 e. The molecule has 18 heavy (non-hydrogen) atoms. The van der Waals surface area contributed by atoms with Crippen molar-refractivity contribution in [3.05, 3.63) is 48.3 Å². The van der Waals surface area contributed by atoms with Crippen LogP contribution in [0.2, 0.25) is 0 Å². The number of ketones is 1. The highest BCUT2D eigenvalue weighted by Gasteiger charge is 2.27. The first-order valence-electron chi connectivity index (χ1n) is 5.31. The normalized spacial score (nSPS) is 13.3. The third-order valence-electron chi connectivity index (χ3n) is 2.58. The Hall–Kier alpha value is -2.14. The van der Waals surface area contributed by atoms with Gasteiger partial charge in [0.2, 0.25) is 0 Å². The second-order valence-electron chi connectivity index (χ2n) is 3.78. The summed E-state index contributed by atoms with van der Waals surface area (Å²) in [5.41, 5.74) is 1.03. The molecule has 88 valence electrons. The molecule has 3 rings (SSSR count). The lowest BCUT2D eigenvalue weighted by Gasteiger charge is -2.03. The Kier molecular flexibility index (Phi) is 2.60. The standard InChI is InChI=1S/C13H8N2O2S/c16-12-10-2-1-9(7-11(10)15-13(12)17)18-8-3-5-14-6-4-8/h1-7H,(H,15,16,17). The molecule has 0 aliphatic carbocycles. The summed E-state index contributed by atoms with van der Waals surface area (Å²) in [6.07, 6.45) is 3.45. The van der Waals surface area contributed by atoms with Gasteiger partial charge < -0.3 is 5.32 Å². The minimum atomic E-state index is -0.559. The Morgan fingerprint density at radius 3 is 2.56 bits per heavy atom. The van der Waals surface area contributed by atoms with Crippen LogP contribution in [0.4, 0.5) is 5.69 Å².